The second-order valence-corrected chi connectivity index (χ2v) is 5.16. The van der Waals surface area contributed by atoms with Crippen molar-refractivity contribution in [1.82, 2.24) is 4.90 Å². The van der Waals surface area contributed by atoms with Gasteiger partial charge in [-0.05, 0) is 30.2 Å². The molecule has 1 saturated heterocycles. The standard InChI is InChI=1S/C16H18N2O4/c1-17(11-16(21)22)14(19)9-6-12-4-7-13(8-5-12)18-10-2-3-15(18)20/h4-9H,2-3,10-11H2,1H3,(H,21,22)/b9-6+. The van der Waals surface area contributed by atoms with Crippen LogP contribution in [0.5, 0.6) is 0 Å². The Kier molecular flexibility index (Phi) is 4.93. The minimum atomic E-state index is -1.05. The molecular formula is C16H18N2O4. The highest BCUT2D eigenvalue weighted by atomic mass is 16.4. The lowest BCUT2D eigenvalue weighted by Gasteiger charge is -2.15. The molecule has 1 aromatic rings. The van der Waals surface area contributed by atoms with E-state index in [0.717, 1.165) is 29.1 Å². The number of rotatable bonds is 5. The number of anilines is 1. The molecule has 1 heterocycles. The summed E-state index contributed by atoms with van der Waals surface area (Å²) in [6, 6.07) is 7.33. The van der Waals surface area contributed by atoms with Crippen LogP contribution in [0, 0.1) is 0 Å². The molecule has 1 N–H and O–H groups in total. The van der Waals surface area contributed by atoms with Crippen LogP contribution in [-0.4, -0.2) is 47.9 Å². The van der Waals surface area contributed by atoms with Crippen molar-refractivity contribution in [2.24, 2.45) is 0 Å². The van der Waals surface area contributed by atoms with Gasteiger partial charge < -0.3 is 14.9 Å². The van der Waals surface area contributed by atoms with Gasteiger partial charge >= 0.3 is 5.97 Å². The summed E-state index contributed by atoms with van der Waals surface area (Å²) in [7, 11) is 1.43. The van der Waals surface area contributed by atoms with E-state index in [2.05, 4.69) is 0 Å². The number of hydrogen-bond acceptors (Lipinski definition) is 3. The summed E-state index contributed by atoms with van der Waals surface area (Å²) in [6.07, 6.45) is 4.42. The second-order valence-electron chi connectivity index (χ2n) is 5.16. The van der Waals surface area contributed by atoms with Gasteiger partial charge in [-0.15, -0.1) is 0 Å². The summed E-state index contributed by atoms with van der Waals surface area (Å²) in [5.74, 6) is -1.29. The number of carbonyl (C=O) groups is 3. The molecule has 1 aliphatic rings. The molecule has 6 nitrogen and oxygen atoms in total. The van der Waals surface area contributed by atoms with Gasteiger partial charge in [0.25, 0.3) is 0 Å². The predicted molar refractivity (Wildman–Crippen MR) is 82.3 cm³/mol. The van der Waals surface area contributed by atoms with Gasteiger partial charge in [0, 0.05) is 31.8 Å². The van der Waals surface area contributed by atoms with E-state index in [-0.39, 0.29) is 18.4 Å². The number of amides is 2. The zero-order chi connectivity index (χ0) is 16.1. The Bertz CT molecular complexity index is 607. The normalized spacial score (nSPS) is 14.6. The van der Waals surface area contributed by atoms with Crippen molar-refractivity contribution in [1.29, 1.82) is 0 Å². The molecule has 0 atom stereocenters. The van der Waals surface area contributed by atoms with E-state index in [1.165, 1.54) is 13.1 Å². The third-order valence-electron chi connectivity index (χ3n) is 3.45. The molecule has 2 amide bonds. The second kappa shape index (κ2) is 6.89. The Balaban J connectivity index is 1.99. The monoisotopic (exact) mass is 302 g/mol. The summed E-state index contributed by atoms with van der Waals surface area (Å²) in [5, 5.41) is 8.62. The van der Waals surface area contributed by atoms with Gasteiger partial charge in [-0.1, -0.05) is 12.1 Å². The number of likely N-dealkylation sites (N-methyl/N-ethyl adjacent to an activating group) is 1. The molecule has 0 aliphatic carbocycles. The number of nitrogens with zero attached hydrogens (tertiary/aromatic N) is 2. The van der Waals surface area contributed by atoms with E-state index in [9.17, 15) is 14.4 Å². The van der Waals surface area contributed by atoms with Gasteiger partial charge in [0.2, 0.25) is 11.8 Å². The number of carboxylic acid groups (broad SMARTS) is 1. The van der Waals surface area contributed by atoms with Gasteiger partial charge in [-0.25, -0.2) is 0 Å². The van der Waals surface area contributed by atoms with Gasteiger partial charge in [-0.2, -0.15) is 0 Å². The Labute approximate surface area is 128 Å². The van der Waals surface area contributed by atoms with Crippen molar-refractivity contribution in [3.8, 4) is 0 Å². The zero-order valence-corrected chi connectivity index (χ0v) is 12.4. The molecule has 0 spiro atoms. The Morgan fingerprint density at radius 2 is 2.00 bits per heavy atom. The quantitative estimate of drug-likeness (QED) is 0.833. The fraction of sp³-hybridized carbons (Fsp3) is 0.312. The molecule has 1 aromatic carbocycles. The van der Waals surface area contributed by atoms with E-state index in [0.29, 0.717) is 6.42 Å². The first-order valence-electron chi connectivity index (χ1n) is 7.03. The van der Waals surface area contributed by atoms with Crippen LogP contribution in [0.25, 0.3) is 6.08 Å². The Morgan fingerprint density at radius 1 is 1.32 bits per heavy atom. The number of hydrogen-bond donors (Lipinski definition) is 1. The van der Waals surface area contributed by atoms with Crippen LogP contribution >= 0.6 is 0 Å². The summed E-state index contributed by atoms with van der Waals surface area (Å²) < 4.78 is 0. The highest BCUT2D eigenvalue weighted by Crippen LogP contribution is 2.21. The maximum Gasteiger partial charge on any atom is 0.323 e. The van der Waals surface area contributed by atoms with Crippen LogP contribution in [0.4, 0.5) is 5.69 Å². The molecular weight excluding hydrogens is 284 g/mol. The minimum absolute atomic E-state index is 0.133. The van der Waals surface area contributed by atoms with Crippen LogP contribution in [-0.2, 0) is 14.4 Å². The van der Waals surface area contributed by atoms with Crippen LogP contribution in [0.2, 0.25) is 0 Å². The lowest BCUT2D eigenvalue weighted by Crippen LogP contribution is -2.30. The first-order valence-corrected chi connectivity index (χ1v) is 7.03. The van der Waals surface area contributed by atoms with Crippen molar-refractivity contribution in [3.05, 3.63) is 35.9 Å². The maximum absolute atomic E-state index is 11.7. The predicted octanol–water partition coefficient (Wildman–Crippen LogP) is 1.37. The molecule has 0 radical (unpaired) electrons. The molecule has 22 heavy (non-hydrogen) atoms. The smallest absolute Gasteiger partial charge is 0.323 e. The lowest BCUT2D eigenvalue weighted by atomic mass is 10.2. The topological polar surface area (TPSA) is 77.9 Å². The highest BCUT2D eigenvalue weighted by molar-refractivity contribution is 5.96. The third kappa shape index (κ3) is 3.94. The molecule has 0 unspecified atom stereocenters. The largest absolute Gasteiger partial charge is 0.480 e. The van der Waals surface area contributed by atoms with E-state index < -0.39 is 5.97 Å². The van der Waals surface area contributed by atoms with Crippen LogP contribution in [0.1, 0.15) is 18.4 Å². The zero-order valence-electron chi connectivity index (χ0n) is 12.4. The first-order chi connectivity index (χ1) is 10.5. The van der Waals surface area contributed by atoms with Crippen molar-refractivity contribution in [3.63, 3.8) is 0 Å². The number of aliphatic carboxylic acids is 1. The fourth-order valence-corrected chi connectivity index (χ4v) is 2.26. The molecule has 0 saturated carbocycles. The summed E-state index contributed by atoms with van der Waals surface area (Å²) in [6.45, 7) is 0.408. The number of carbonyl (C=O) groups excluding carboxylic acids is 2. The average molecular weight is 302 g/mol. The molecule has 1 aliphatic heterocycles. The van der Waals surface area contributed by atoms with Gasteiger partial charge in [0.15, 0.2) is 0 Å². The Morgan fingerprint density at radius 3 is 2.55 bits per heavy atom. The van der Waals surface area contributed by atoms with Crippen LogP contribution in [0.3, 0.4) is 0 Å². The van der Waals surface area contributed by atoms with Gasteiger partial charge in [-0.3, -0.25) is 14.4 Å². The van der Waals surface area contributed by atoms with Crippen molar-refractivity contribution in [2.75, 3.05) is 25.0 Å². The highest BCUT2D eigenvalue weighted by Gasteiger charge is 2.21. The number of carboxylic acids is 1. The molecule has 0 bridgehead atoms. The first kappa shape index (κ1) is 15.8. The van der Waals surface area contributed by atoms with Crippen molar-refractivity contribution < 1.29 is 19.5 Å². The summed E-state index contributed by atoms with van der Waals surface area (Å²) >= 11 is 0. The lowest BCUT2D eigenvalue weighted by molar-refractivity contribution is -0.141. The van der Waals surface area contributed by atoms with E-state index in [1.54, 1.807) is 11.0 Å². The Hall–Kier alpha value is -2.63. The summed E-state index contributed by atoms with van der Waals surface area (Å²) in [5.41, 5.74) is 1.67. The van der Waals surface area contributed by atoms with Crippen LogP contribution in [0.15, 0.2) is 30.3 Å². The van der Waals surface area contributed by atoms with Gasteiger partial charge in [0.05, 0.1) is 0 Å². The van der Waals surface area contributed by atoms with Crippen LogP contribution < -0.4 is 4.90 Å². The SMILES string of the molecule is CN(CC(=O)O)C(=O)/C=C/c1ccc(N2CCCC2=O)cc1. The molecule has 1 fully saturated rings. The van der Waals surface area contributed by atoms with E-state index >= 15 is 0 Å². The third-order valence-corrected chi connectivity index (χ3v) is 3.45. The molecule has 0 aromatic heterocycles. The number of benzene rings is 1. The molecule has 116 valence electrons. The van der Waals surface area contributed by atoms with Gasteiger partial charge in [0.1, 0.15) is 6.54 Å². The van der Waals surface area contributed by atoms with Crippen molar-refractivity contribution >= 4 is 29.5 Å². The minimum Gasteiger partial charge on any atom is -0.480 e. The summed E-state index contributed by atoms with van der Waals surface area (Å²) in [4.78, 5) is 36.7. The molecule has 2 rings (SSSR count). The van der Waals surface area contributed by atoms with Crippen molar-refractivity contribution in [2.45, 2.75) is 12.8 Å². The van der Waals surface area contributed by atoms with E-state index in [4.69, 9.17) is 5.11 Å². The van der Waals surface area contributed by atoms with E-state index in [1.807, 2.05) is 24.3 Å². The molecule has 6 heteroatoms. The fourth-order valence-electron chi connectivity index (χ4n) is 2.26. The average Bonchev–Trinajstić information content (AvgIpc) is 2.90. The maximum atomic E-state index is 11.7.